The lowest BCUT2D eigenvalue weighted by molar-refractivity contribution is -0.121. The van der Waals surface area contributed by atoms with Crippen LogP contribution in [0.3, 0.4) is 0 Å². The molecule has 11 heteroatoms. The number of nitrogens with one attached hydrogen (secondary N) is 2. The lowest BCUT2D eigenvalue weighted by Gasteiger charge is -2.12. The van der Waals surface area contributed by atoms with Gasteiger partial charge in [0.2, 0.25) is 11.8 Å². The molecule has 0 aliphatic carbocycles. The number of ether oxygens (including phenoxy) is 2. The molecule has 41 heavy (non-hydrogen) atoms. The molecule has 0 bridgehead atoms. The Bertz CT molecular complexity index is 1520. The number of nitrogens with zero attached hydrogens (tertiary/aromatic N) is 2. The number of rotatable bonds is 15. The van der Waals surface area contributed by atoms with Crippen LogP contribution in [-0.2, 0) is 29.0 Å². The molecule has 0 unspecified atom stereocenters. The summed E-state index contributed by atoms with van der Waals surface area (Å²) in [6.07, 6.45) is 2.18. The molecule has 4 aromatic rings. The van der Waals surface area contributed by atoms with Crippen LogP contribution >= 0.6 is 23.1 Å². The van der Waals surface area contributed by atoms with Crippen molar-refractivity contribution in [1.82, 2.24) is 20.2 Å². The van der Waals surface area contributed by atoms with E-state index in [2.05, 4.69) is 15.6 Å². The van der Waals surface area contributed by atoms with Crippen molar-refractivity contribution in [1.29, 1.82) is 0 Å². The summed E-state index contributed by atoms with van der Waals surface area (Å²) in [4.78, 5) is 42.8. The molecule has 2 aromatic heterocycles. The van der Waals surface area contributed by atoms with Crippen LogP contribution in [0.15, 0.2) is 69.9 Å². The van der Waals surface area contributed by atoms with Crippen LogP contribution in [0.5, 0.6) is 11.5 Å². The number of carbonyl (C=O) groups excluding carboxylic acids is 2. The Labute approximate surface area is 247 Å². The molecule has 2 N–H and O–H groups in total. The molecular weight excluding hydrogens is 560 g/mol. The fraction of sp³-hybridized carbons (Fsp3) is 0.333. The van der Waals surface area contributed by atoms with Crippen LogP contribution in [0.4, 0.5) is 0 Å². The van der Waals surface area contributed by atoms with E-state index in [1.54, 1.807) is 24.9 Å². The molecule has 2 aromatic carbocycles. The van der Waals surface area contributed by atoms with Gasteiger partial charge in [-0.1, -0.05) is 48.2 Å². The van der Waals surface area contributed by atoms with Crippen LogP contribution in [-0.4, -0.2) is 54.4 Å². The standard InChI is InChI=1S/C30H34N4O5S2/c1-38-24-11-10-22(19-25(24)39-2)13-16-32-27(36)20-41-30-33-23-14-18-40-28(23)29(37)34(30)17-6-9-26(35)31-15-12-21-7-4-3-5-8-21/h3-5,7-8,10-11,14,18-19H,6,9,12-13,15-17,20H2,1-2H3,(H,31,35)(H,32,36). The third-order valence-electron chi connectivity index (χ3n) is 6.41. The first kappa shape index (κ1) is 30.1. The number of thioether (sulfide) groups is 1. The minimum absolute atomic E-state index is 0.0535. The van der Waals surface area contributed by atoms with Crippen molar-refractivity contribution in [3.8, 4) is 11.5 Å². The van der Waals surface area contributed by atoms with Crippen LogP contribution in [0.25, 0.3) is 10.2 Å². The minimum atomic E-state index is -0.153. The van der Waals surface area contributed by atoms with E-state index >= 15 is 0 Å². The van der Waals surface area contributed by atoms with Crippen molar-refractivity contribution in [2.75, 3.05) is 33.1 Å². The van der Waals surface area contributed by atoms with Gasteiger partial charge in [-0.2, -0.15) is 0 Å². The maximum Gasteiger partial charge on any atom is 0.272 e. The Morgan fingerprint density at radius 1 is 0.927 bits per heavy atom. The summed E-state index contributed by atoms with van der Waals surface area (Å²) in [7, 11) is 3.18. The quantitative estimate of drug-likeness (QED) is 0.158. The third-order valence-corrected chi connectivity index (χ3v) is 8.28. The molecule has 0 aliphatic rings. The zero-order valence-electron chi connectivity index (χ0n) is 23.2. The number of thiophene rings is 1. The van der Waals surface area contributed by atoms with Gasteiger partial charge in [-0.15, -0.1) is 11.3 Å². The van der Waals surface area contributed by atoms with Gasteiger partial charge in [0.15, 0.2) is 16.7 Å². The zero-order chi connectivity index (χ0) is 29.0. The Morgan fingerprint density at radius 2 is 1.66 bits per heavy atom. The predicted octanol–water partition coefficient (Wildman–Crippen LogP) is 4.07. The molecule has 0 atom stereocenters. The van der Waals surface area contributed by atoms with E-state index in [4.69, 9.17) is 9.47 Å². The summed E-state index contributed by atoms with van der Waals surface area (Å²) in [6, 6.07) is 17.5. The average Bonchev–Trinajstić information content (AvgIpc) is 3.47. The molecule has 4 rings (SSSR count). The van der Waals surface area contributed by atoms with Gasteiger partial charge in [-0.25, -0.2) is 4.98 Å². The smallest absolute Gasteiger partial charge is 0.272 e. The van der Waals surface area contributed by atoms with Gasteiger partial charge in [-0.3, -0.25) is 19.0 Å². The van der Waals surface area contributed by atoms with Crippen LogP contribution in [0.2, 0.25) is 0 Å². The topological polar surface area (TPSA) is 112 Å². The van der Waals surface area contributed by atoms with Gasteiger partial charge in [0.1, 0.15) is 4.70 Å². The van der Waals surface area contributed by atoms with E-state index in [1.807, 2.05) is 53.9 Å². The molecule has 216 valence electrons. The van der Waals surface area contributed by atoms with E-state index in [1.165, 1.54) is 28.7 Å². The SMILES string of the molecule is COc1ccc(CCNC(=O)CSc2nc3ccsc3c(=O)n2CCCC(=O)NCCc2ccccc2)cc1OC. The Hall–Kier alpha value is -3.83. The number of methoxy groups -OCH3 is 2. The summed E-state index contributed by atoms with van der Waals surface area (Å²) < 4.78 is 12.8. The monoisotopic (exact) mass is 594 g/mol. The summed E-state index contributed by atoms with van der Waals surface area (Å²) in [5.74, 6) is 1.21. The predicted molar refractivity (Wildman–Crippen MR) is 163 cm³/mol. The Morgan fingerprint density at radius 3 is 2.41 bits per heavy atom. The number of fused-ring (bicyclic) bond motifs is 1. The molecule has 0 spiro atoms. The highest BCUT2D eigenvalue weighted by molar-refractivity contribution is 7.99. The van der Waals surface area contributed by atoms with E-state index in [0.717, 1.165) is 12.0 Å². The summed E-state index contributed by atoms with van der Waals surface area (Å²) >= 11 is 2.57. The van der Waals surface area contributed by atoms with Gasteiger partial charge in [0.05, 0.1) is 25.5 Å². The number of hydrogen-bond donors (Lipinski definition) is 2. The second-order valence-electron chi connectivity index (χ2n) is 9.25. The number of hydrogen-bond acceptors (Lipinski definition) is 8. The lowest BCUT2D eigenvalue weighted by atomic mass is 10.1. The van der Waals surface area contributed by atoms with Crippen molar-refractivity contribution in [3.05, 3.63) is 81.5 Å². The molecule has 0 saturated carbocycles. The van der Waals surface area contributed by atoms with Crippen LogP contribution in [0, 0.1) is 0 Å². The van der Waals surface area contributed by atoms with Gasteiger partial charge in [0.25, 0.3) is 5.56 Å². The average molecular weight is 595 g/mol. The van der Waals surface area contributed by atoms with Crippen LogP contribution in [0.1, 0.15) is 24.0 Å². The number of amides is 2. The second-order valence-corrected chi connectivity index (χ2v) is 11.1. The van der Waals surface area contributed by atoms with E-state index < -0.39 is 0 Å². The lowest BCUT2D eigenvalue weighted by Crippen LogP contribution is -2.29. The molecule has 0 saturated heterocycles. The van der Waals surface area contributed by atoms with Crippen LogP contribution < -0.4 is 25.7 Å². The number of carbonyl (C=O) groups is 2. The maximum absolute atomic E-state index is 13.2. The third kappa shape index (κ3) is 8.58. The Kier molecular flexibility index (Phi) is 11.2. The van der Waals surface area contributed by atoms with Crippen molar-refractivity contribution < 1.29 is 19.1 Å². The first-order valence-corrected chi connectivity index (χ1v) is 15.2. The summed E-state index contributed by atoms with van der Waals surface area (Å²) in [5.41, 5.74) is 2.65. The van der Waals surface area contributed by atoms with Gasteiger partial charge < -0.3 is 20.1 Å². The highest BCUT2D eigenvalue weighted by Gasteiger charge is 2.15. The maximum atomic E-state index is 13.2. The first-order valence-electron chi connectivity index (χ1n) is 13.4. The summed E-state index contributed by atoms with van der Waals surface area (Å²) in [6.45, 7) is 1.36. The highest BCUT2D eigenvalue weighted by atomic mass is 32.2. The second kappa shape index (κ2) is 15.2. The van der Waals surface area contributed by atoms with Crippen molar-refractivity contribution in [2.24, 2.45) is 0 Å². The van der Waals surface area contributed by atoms with Gasteiger partial charge in [0, 0.05) is 26.1 Å². The zero-order valence-corrected chi connectivity index (χ0v) is 24.8. The Balaban J connectivity index is 1.28. The fourth-order valence-electron chi connectivity index (χ4n) is 4.27. The van der Waals surface area contributed by atoms with E-state index in [0.29, 0.717) is 65.8 Å². The highest BCUT2D eigenvalue weighted by Crippen LogP contribution is 2.27. The molecule has 0 fully saturated rings. The van der Waals surface area contributed by atoms with Crippen molar-refractivity contribution >= 4 is 45.1 Å². The van der Waals surface area contributed by atoms with Gasteiger partial charge >= 0.3 is 0 Å². The fourth-order valence-corrected chi connectivity index (χ4v) is 5.91. The van der Waals surface area contributed by atoms with E-state index in [-0.39, 0.29) is 23.1 Å². The summed E-state index contributed by atoms with van der Waals surface area (Å²) in [5, 5.41) is 8.17. The minimum Gasteiger partial charge on any atom is -0.493 e. The normalized spacial score (nSPS) is 10.9. The van der Waals surface area contributed by atoms with Crippen molar-refractivity contribution in [3.63, 3.8) is 0 Å². The van der Waals surface area contributed by atoms with Crippen molar-refractivity contribution in [2.45, 2.75) is 37.4 Å². The number of benzene rings is 2. The molecule has 0 radical (unpaired) electrons. The van der Waals surface area contributed by atoms with Gasteiger partial charge in [-0.05, 0) is 54.0 Å². The molecule has 9 nitrogen and oxygen atoms in total. The van der Waals surface area contributed by atoms with E-state index in [9.17, 15) is 14.4 Å². The molecule has 2 heterocycles. The largest absolute Gasteiger partial charge is 0.493 e. The molecule has 0 aliphatic heterocycles. The number of aromatic nitrogens is 2. The molecular formula is C30H34N4O5S2. The molecule has 2 amide bonds. The first-order chi connectivity index (χ1) is 20.0.